The summed E-state index contributed by atoms with van der Waals surface area (Å²) in [6, 6.07) is 16.1. The molecule has 1 saturated heterocycles. The van der Waals surface area contributed by atoms with Crippen LogP contribution in [0.1, 0.15) is 25.0 Å². The number of amides is 2. The molecule has 0 spiro atoms. The zero-order valence-corrected chi connectivity index (χ0v) is 16.4. The van der Waals surface area contributed by atoms with E-state index in [1.54, 1.807) is 0 Å². The Balaban J connectivity index is 1.53. The van der Waals surface area contributed by atoms with Gasteiger partial charge >= 0.3 is 6.03 Å². The maximum Gasteiger partial charge on any atom is 0.322 e. The van der Waals surface area contributed by atoms with Gasteiger partial charge in [-0.2, -0.15) is 0 Å². The summed E-state index contributed by atoms with van der Waals surface area (Å²) in [6.45, 7) is 10.2. The summed E-state index contributed by atoms with van der Waals surface area (Å²) < 4.78 is 5.79. The highest BCUT2D eigenvalue weighted by Gasteiger charge is 2.22. The van der Waals surface area contributed by atoms with E-state index in [9.17, 15) is 4.79 Å². The summed E-state index contributed by atoms with van der Waals surface area (Å²) in [6.07, 6.45) is 0.0632. The maximum atomic E-state index is 12.7. The molecule has 2 amide bonds. The van der Waals surface area contributed by atoms with E-state index in [1.807, 2.05) is 43.0 Å². The molecule has 0 radical (unpaired) electrons. The summed E-state index contributed by atoms with van der Waals surface area (Å²) in [5, 5.41) is 3.00. The second kappa shape index (κ2) is 8.91. The Morgan fingerprint density at radius 1 is 1.07 bits per heavy atom. The van der Waals surface area contributed by atoms with Gasteiger partial charge in [-0.15, -0.1) is 0 Å². The van der Waals surface area contributed by atoms with E-state index in [0.29, 0.717) is 5.75 Å². The van der Waals surface area contributed by atoms with Gasteiger partial charge in [0.25, 0.3) is 0 Å². The monoisotopic (exact) mass is 367 g/mol. The van der Waals surface area contributed by atoms with Crippen LogP contribution in [0.4, 0.5) is 10.5 Å². The van der Waals surface area contributed by atoms with Gasteiger partial charge in [-0.05, 0) is 38.5 Å². The SMILES string of the molecule is Cc1cccc(CN2CCN(C(=O)Nc3ccccc3OC(C)C)CC2)c1. The summed E-state index contributed by atoms with van der Waals surface area (Å²) in [5.74, 6) is 0.707. The van der Waals surface area contributed by atoms with Crippen molar-refractivity contribution in [1.82, 2.24) is 9.80 Å². The summed E-state index contributed by atoms with van der Waals surface area (Å²) >= 11 is 0. The fraction of sp³-hybridized carbons (Fsp3) is 0.409. The first-order valence-corrected chi connectivity index (χ1v) is 9.61. The Labute approximate surface area is 161 Å². The lowest BCUT2D eigenvalue weighted by molar-refractivity contribution is 0.143. The van der Waals surface area contributed by atoms with Crippen molar-refractivity contribution in [2.45, 2.75) is 33.4 Å². The lowest BCUT2D eigenvalue weighted by Crippen LogP contribution is -2.49. The largest absolute Gasteiger partial charge is 0.489 e. The fourth-order valence-electron chi connectivity index (χ4n) is 3.30. The molecule has 27 heavy (non-hydrogen) atoms. The minimum absolute atomic E-state index is 0.0632. The number of para-hydroxylation sites is 2. The number of hydrogen-bond acceptors (Lipinski definition) is 3. The molecule has 0 aliphatic carbocycles. The van der Waals surface area contributed by atoms with Crippen LogP contribution in [0.3, 0.4) is 0 Å². The van der Waals surface area contributed by atoms with Gasteiger partial charge in [0.1, 0.15) is 5.75 Å². The van der Waals surface area contributed by atoms with Gasteiger partial charge in [-0.3, -0.25) is 4.90 Å². The van der Waals surface area contributed by atoms with Gasteiger partial charge in [0.05, 0.1) is 11.8 Å². The number of ether oxygens (including phenoxy) is 1. The number of piperazine rings is 1. The molecule has 2 aromatic carbocycles. The first-order chi connectivity index (χ1) is 13.0. The molecule has 0 atom stereocenters. The Hall–Kier alpha value is -2.53. The molecule has 5 heteroatoms. The topological polar surface area (TPSA) is 44.8 Å². The average Bonchev–Trinajstić information content (AvgIpc) is 2.63. The third-order valence-corrected chi connectivity index (χ3v) is 4.64. The van der Waals surface area contributed by atoms with E-state index in [1.165, 1.54) is 11.1 Å². The van der Waals surface area contributed by atoms with Crippen LogP contribution >= 0.6 is 0 Å². The van der Waals surface area contributed by atoms with Crippen molar-refractivity contribution >= 4 is 11.7 Å². The van der Waals surface area contributed by atoms with Crippen LogP contribution in [-0.2, 0) is 6.54 Å². The number of nitrogens with zero attached hydrogens (tertiary/aromatic N) is 2. The molecular weight excluding hydrogens is 338 g/mol. The molecule has 0 saturated carbocycles. The van der Waals surface area contributed by atoms with Gasteiger partial charge in [-0.25, -0.2) is 4.79 Å². The molecular formula is C22H29N3O2. The maximum absolute atomic E-state index is 12.7. The Morgan fingerprint density at radius 2 is 1.81 bits per heavy atom. The molecule has 1 aliphatic heterocycles. The third-order valence-electron chi connectivity index (χ3n) is 4.64. The highest BCUT2D eigenvalue weighted by molar-refractivity contribution is 5.91. The quantitative estimate of drug-likeness (QED) is 0.864. The number of aryl methyl sites for hydroxylation is 1. The van der Waals surface area contributed by atoms with Crippen molar-refractivity contribution in [3.63, 3.8) is 0 Å². The predicted molar refractivity (Wildman–Crippen MR) is 109 cm³/mol. The normalized spacial score (nSPS) is 15.0. The molecule has 0 aromatic heterocycles. The standard InChI is InChI=1S/C22H29N3O2/c1-17(2)27-21-10-5-4-9-20(21)23-22(26)25-13-11-24(12-14-25)16-19-8-6-7-18(3)15-19/h4-10,15,17H,11-14,16H2,1-3H3,(H,23,26). The number of hydrogen-bond donors (Lipinski definition) is 1. The first kappa shape index (κ1) is 19.2. The fourth-order valence-corrected chi connectivity index (χ4v) is 3.30. The Kier molecular flexibility index (Phi) is 6.35. The van der Waals surface area contributed by atoms with Crippen LogP contribution in [0.25, 0.3) is 0 Å². The molecule has 1 heterocycles. The summed E-state index contributed by atoms with van der Waals surface area (Å²) in [5.41, 5.74) is 3.33. The van der Waals surface area contributed by atoms with Gasteiger partial charge in [-0.1, -0.05) is 42.0 Å². The minimum Gasteiger partial charge on any atom is -0.489 e. The predicted octanol–water partition coefficient (Wildman–Crippen LogP) is 4.13. The van der Waals surface area contributed by atoms with E-state index in [0.717, 1.165) is 38.4 Å². The molecule has 144 valence electrons. The number of urea groups is 1. The number of benzene rings is 2. The van der Waals surface area contributed by atoms with Gasteiger partial charge in [0, 0.05) is 32.7 Å². The van der Waals surface area contributed by atoms with E-state index >= 15 is 0 Å². The molecule has 2 aromatic rings. The molecule has 1 fully saturated rings. The molecule has 1 aliphatic rings. The lowest BCUT2D eigenvalue weighted by Gasteiger charge is -2.34. The van der Waals surface area contributed by atoms with Gasteiger partial charge in [0.2, 0.25) is 0 Å². The minimum atomic E-state index is -0.0648. The van der Waals surface area contributed by atoms with Crippen molar-refractivity contribution in [3.8, 4) is 5.75 Å². The zero-order valence-electron chi connectivity index (χ0n) is 16.4. The zero-order chi connectivity index (χ0) is 19.2. The molecule has 0 bridgehead atoms. The highest BCUT2D eigenvalue weighted by atomic mass is 16.5. The van der Waals surface area contributed by atoms with Crippen molar-refractivity contribution < 1.29 is 9.53 Å². The Bertz CT molecular complexity index is 768. The van der Waals surface area contributed by atoms with E-state index in [4.69, 9.17) is 4.74 Å². The molecule has 5 nitrogen and oxygen atoms in total. The van der Waals surface area contributed by atoms with Crippen LogP contribution < -0.4 is 10.1 Å². The van der Waals surface area contributed by atoms with Crippen molar-refractivity contribution in [1.29, 1.82) is 0 Å². The number of nitrogens with one attached hydrogen (secondary N) is 1. The van der Waals surface area contributed by atoms with E-state index in [-0.39, 0.29) is 12.1 Å². The van der Waals surface area contributed by atoms with Crippen LogP contribution in [0.5, 0.6) is 5.75 Å². The highest BCUT2D eigenvalue weighted by Crippen LogP contribution is 2.25. The van der Waals surface area contributed by atoms with Gasteiger partial charge in [0.15, 0.2) is 0 Å². The summed E-state index contributed by atoms with van der Waals surface area (Å²) in [4.78, 5) is 16.9. The van der Waals surface area contributed by atoms with Crippen molar-refractivity contribution in [3.05, 3.63) is 59.7 Å². The van der Waals surface area contributed by atoms with Crippen molar-refractivity contribution in [2.75, 3.05) is 31.5 Å². The van der Waals surface area contributed by atoms with Crippen LogP contribution in [0.2, 0.25) is 0 Å². The van der Waals surface area contributed by atoms with E-state index in [2.05, 4.69) is 41.4 Å². The van der Waals surface area contributed by atoms with Crippen LogP contribution in [0.15, 0.2) is 48.5 Å². The average molecular weight is 367 g/mol. The lowest BCUT2D eigenvalue weighted by atomic mass is 10.1. The second-order valence-electron chi connectivity index (χ2n) is 7.35. The van der Waals surface area contributed by atoms with Gasteiger partial charge < -0.3 is 15.0 Å². The van der Waals surface area contributed by atoms with E-state index < -0.39 is 0 Å². The number of carbonyl (C=O) groups is 1. The Morgan fingerprint density at radius 3 is 2.52 bits per heavy atom. The molecule has 3 rings (SSSR count). The van der Waals surface area contributed by atoms with Crippen LogP contribution in [0, 0.1) is 6.92 Å². The van der Waals surface area contributed by atoms with Crippen molar-refractivity contribution in [2.24, 2.45) is 0 Å². The molecule has 1 N–H and O–H groups in total. The first-order valence-electron chi connectivity index (χ1n) is 9.61. The number of rotatable bonds is 5. The smallest absolute Gasteiger partial charge is 0.322 e. The number of anilines is 1. The summed E-state index contributed by atoms with van der Waals surface area (Å²) in [7, 11) is 0. The second-order valence-corrected chi connectivity index (χ2v) is 7.35. The molecule has 0 unspecified atom stereocenters. The third kappa shape index (κ3) is 5.47. The number of carbonyl (C=O) groups excluding carboxylic acids is 1. The van der Waals surface area contributed by atoms with Crippen LogP contribution in [-0.4, -0.2) is 48.1 Å².